The molecule has 0 atom stereocenters. The van der Waals surface area contributed by atoms with Crippen molar-refractivity contribution in [2.45, 2.75) is 12.8 Å². The fourth-order valence-electron chi connectivity index (χ4n) is 0.954. The molecular weight excluding hydrogens is 129 g/mol. The Morgan fingerprint density at radius 1 is 1.50 bits per heavy atom. The fourth-order valence-corrected chi connectivity index (χ4v) is 0.954. The molecule has 0 spiro atoms. The summed E-state index contributed by atoms with van der Waals surface area (Å²) in [5.41, 5.74) is 6.64. The van der Waals surface area contributed by atoms with Gasteiger partial charge in [-0.1, -0.05) is 6.08 Å². The Labute approximate surface area is 60.0 Å². The molecule has 4 heteroatoms. The van der Waals surface area contributed by atoms with Gasteiger partial charge in [0.05, 0.1) is 0 Å². The SMILES string of the molecule is NC1=CCCC(B(O)O)=C1. The summed E-state index contributed by atoms with van der Waals surface area (Å²) in [6, 6.07) is 0. The normalized spacial score (nSPS) is 17.8. The second-order valence-electron chi connectivity index (χ2n) is 2.34. The molecule has 3 nitrogen and oxygen atoms in total. The number of hydrogen-bond acceptors (Lipinski definition) is 3. The third kappa shape index (κ3) is 1.62. The summed E-state index contributed by atoms with van der Waals surface area (Å²) in [7, 11) is -1.34. The van der Waals surface area contributed by atoms with E-state index in [-0.39, 0.29) is 0 Å². The molecule has 0 saturated carbocycles. The average molecular weight is 139 g/mol. The third-order valence-corrected chi connectivity index (χ3v) is 1.50. The number of rotatable bonds is 1. The Hall–Kier alpha value is -0.735. The molecule has 0 fully saturated rings. The monoisotopic (exact) mass is 139 g/mol. The molecule has 0 bridgehead atoms. The summed E-state index contributed by atoms with van der Waals surface area (Å²) in [6.45, 7) is 0. The van der Waals surface area contributed by atoms with Crippen LogP contribution in [0.1, 0.15) is 12.8 Å². The van der Waals surface area contributed by atoms with Crippen LogP contribution < -0.4 is 5.73 Å². The summed E-state index contributed by atoms with van der Waals surface area (Å²) >= 11 is 0. The summed E-state index contributed by atoms with van der Waals surface area (Å²) in [6.07, 6.45) is 4.97. The van der Waals surface area contributed by atoms with Crippen molar-refractivity contribution in [3.05, 3.63) is 23.3 Å². The van der Waals surface area contributed by atoms with E-state index in [0.29, 0.717) is 17.6 Å². The Morgan fingerprint density at radius 2 is 2.20 bits per heavy atom. The minimum absolute atomic E-state index is 0.597. The lowest BCUT2D eigenvalue weighted by Gasteiger charge is -2.09. The molecule has 0 aromatic heterocycles. The van der Waals surface area contributed by atoms with Crippen LogP contribution in [0.4, 0.5) is 0 Å². The fraction of sp³-hybridized carbons (Fsp3) is 0.333. The molecule has 0 unspecified atom stereocenters. The highest BCUT2D eigenvalue weighted by Crippen LogP contribution is 2.14. The van der Waals surface area contributed by atoms with Crippen molar-refractivity contribution in [2.24, 2.45) is 5.73 Å². The zero-order valence-electron chi connectivity index (χ0n) is 5.62. The van der Waals surface area contributed by atoms with Crippen molar-refractivity contribution in [3.63, 3.8) is 0 Å². The van der Waals surface area contributed by atoms with Gasteiger partial charge in [0, 0.05) is 5.70 Å². The first kappa shape index (κ1) is 7.37. The number of nitrogens with two attached hydrogens (primary N) is 1. The van der Waals surface area contributed by atoms with E-state index in [4.69, 9.17) is 15.8 Å². The van der Waals surface area contributed by atoms with Crippen molar-refractivity contribution in [1.82, 2.24) is 0 Å². The van der Waals surface area contributed by atoms with Gasteiger partial charge in [0.25, 0.3) is 0 Å². The van der Waals surface area contributed by atoms with E-state index < -0.39 is 7.12 Å². The molecular formula is C6H10BNO2. The van der Waals surface area contributed by atoms with Crippen LogP contribution in [0, 0.1) is 0 Å². The maximum atomic E-state index is 8.70. The molecule has 10 heavy (non-hydrogen) atoms. The first-order valence-corrected chi connectivity index (χ1v) is 3.22. The predicted octanol–water partition coefficient (Wildman–Crippen LogP) is -0.439. The molecule has 0 radical (unpaired) electrons. The van der Waals surface area contributed by atoms with Crippen LogP contribution in [0.15, 0.2) is 23.3 Å². The standard InChI is InChI=1S/C6H10BNO2/c8-6-3-1-2-5(4-6)7(9)10/h3-4,9-10H,1-2,8H2. The molecule has 1 aliphatic rings. The van der Waals surface area contributed by atoms with Crippen molar-refractivity contribution in [3.8, 4) is 0 Å². The van der Waals surface area contributed by atoms with Crippen LogP contribution in [0.5, 0.6) is 0 Å². The molecule has 0 saturated heterocycles. The van der Waals surface area contributed by atoms with Crippen LogP contribution >= 0.6 is 0 Å². The van der Waals surface area contributed by atoms with Gasteiger partial charge < -0.3 is 15.8 Å². The Bertz CT molecular complexity index is 186. The summed E-state index contributed by atoms with van der Waals surface area (Å²) in [4.78, 5) is 0. The smallest absolute Gasteiger partial charge is 0.423 e. The molecule has 0 aromatic carbocycles. The van der Waals surface area contributed by atoms with Gasteiger partial charge in [-0.05, 0) is 24.4 Å². The maximum Gasteiger partial charge on any atom is 0.484 e. The minimum atomic E-state index is -1.34. The van der Waals surface area contributed by atoms with E-state index in [1.54, 1.807) is 6.08 Å². The number of allylic oxidation sites excluding steroid dienone is 3. The lowest BCUT2D eigenvalue weighted by Crippen LogP contribution is -2.18. The van der Waals surface area contributed by atoms with Gasteiger partial charge in [0.1, 0.15) is 0 Å². The van der Waals surface area contributed by atoms with Crippen LogP contribution in [-0.2, 0) is 0 Å². The van der Waals surface area contributed by atoms with E-state index in [0.717, 1.165) is 6.42 Å². The van der Waals surface area contributed by atoms with Gasteiger partial charge >= 0.3 is 7.12 Å². The van der Waals surface area contributed by atoms with Crippen LogP contribution in [-0.4, -0.2) is 17.2 Å². The molecule has 1 rings (SSSR count). The van der Waals surface area contributed by atoms with E-state index in [2.05, 4.69) is 0 Å². The van der Waals surface area contributed by atoms with E-state index >= 15 is 0 Å². The minimum Gasteiger partial charge on any atom is -0.423 e. The highest BCUT2D eigenvalue weighted by atomic mass is 16.4. The molecule has 4 N–H and O–H groups in total. The molecule has 0 amide bonds. The Balaban J connectivity index is 2.69. The first-order chi connectivity index (χ1) is 4.70. The van der Waals surface area contributed by atoms with Gasteiger partial charge in [-0.25, -0.2) is 0 Å². The van der Waals surface area contributed by atoms with Gasteiger partial charge in [-0.3, -0.25) is 0 Å². The Kier molecular flexibility index (Phi) is 2.14. The van der Waals surface area contributed by atoms with Crippen molar-refractivity contribution in [2.75, 3.05) is 0 Å². The average Bonchev–Trinajstić information content (AvgIpc) is 1.88. The Morgan fingerprint density at radius 3 is 2.60 bits per heavy atom. The van der Waals surface area contributed by atoms with E-state index in [1.807, 2.05) is 6.08 Å². The highest BCUT2D eigenvalue weighted by Gasteiger charge is 2.15. The quantitative estimate of drug-likeness (QED) is 0.431. The van der Waals surface area contributed by atoms with Crippen molar-refractivity contribution in [1.29, 1.82) is 0 Å². The largest absolute Gasteiger partial charge is 0.484 e. The van der Waals surface area contributed by atoms with Crippen LogP contribution in [0.25, 0.3) is 0 Å². The van der Waals surface area contributed by atoms with E-state index in [1.165, 1.54) is 0 Å². The summed E-state index contributed by atoms with van der Waals surface area (Å²) < 4.78 is 0. The van der Waals surface area contributed by atoms with Gasteiger partial charge in [-0.15, -0.1) is 0 Å². The summed E-state index contributed by atoms with van der Waals surface area (Å²) in [5, 5.41) is 17.4. The zero-order valence-corrected chi connectivity index (χ0v) is 5.62. The predicted molar refractivity (Wildman–Crippen MR) is 39.8 cm³/mol. The van der Waals surface area contributed by atoms with E-state index in [9.17, 15) is 0 Å². The van der Waals surface area contributed by atoms with Crippen LogP contribution in [0.2, 0.25) is 0 Å². The molecule has 54 valence electrons. The van der Waals surface area contributed by atoms with Crippen LogP contribution in [0.3, 0.4) is 0 Å². The van der Waals surface area contributed by atoms with Gasteiger partial charge in [0.2, 0.25) is 0 Å². The lowest BCUT2D eigenvalue weighted by atomic mass is 9.74. The summed E-state index contributed by atoms with van der Waals surface area (Å²) in [5.74, 6) is 0. The zero-order chi connectivity index (χ0) is 7.56. The van der Waals surface area contributed by atoms with Gasteiger partial charge in [-0.2, -0.15) is 0 Å². The molecule has 0 aromatic rings. The molecule has 1 aliphatic carbocycles. The van der Waals surface area contributed by atoms with Crippen molar-refractivity contribution < 1.29 is 10.0 Å². The maximum absolute atomic E-state index is 8.70. The second-order valence-corrected chi connectivity index (χ2v) is 2.34. The van der Waals surface area contributed by atoms with Crippen molar-refractivity contribution >= 4 is 7.12 Å². The molecule has 0 aliphatic heterocycles. The second kappa shape index (κ2) is 2.90. The number of hydrogen-bond donors (Lipinski definition) is 3. The highest BCUT2D eigenvalue weighted by molar-refractivity contribution is 6.50. The lowest BCUT2D eigenvalue weighted by molar-refractivity contribution is 0.416. The first-order valence-electron chi connectivity index (χ1n) is 3.22. The third-order valence-electron chi connectivity index (χ3n) is 1.50. The topological polar surface area (TPSA) is 66.5 Å². The van der Waals surface area contributed by atoms with Gasteiger partial charge in [0.15, 0.2) is 0 Å². The molecule has 0 heterocycles.